The number of rotatable bonds is 4. The Labute approximate surface area is 130 Å². The van der Waals surface area contributed by atoms with E-state index in [0.717, 1.165) is 11.3 Å². The Morgan fingerprint density at radius 2 is 1.77 bits per heavy atom. The number of fused-ring (bicyclic) bond motifs is 1. The maximum absolute atomic E-state index is 10.0. The molecule has 0 saturated heterocycles. The quantitative estimate of drug-likeness (QED) is 0.797. The Kier molecular flexibility index (Phi) is 3.90. The van der Waals surface area contributed by atoms with E-state index in [1.54, 1.807) is 7.11 Å². The molecule has 3 heteroatoms. The van der Waals surface area contributed by atoms with Crippen LogP contribution in [0.2, 0.25) is 0 Å². The van der Waals surface area contributed by atoms with Gasteiger partial charge in [0, 0.05) is 29.6 Å². The van der Waals surface area contributed by atoms with Crippen molar-refractivity contribution in [3.05, 3.63) is 65.4 Å². The largest absolute Gasteiger partial charge is 0.497 e. The van der Waals surface area contributed by atoms with Gasteiger partial charge in [-0.3, -0.25) is 0 Å². The Bertz CT molecular complexity index is 787. The lowest BCUT2D eigenvalue weighted by molar-refractivity contribution is 0.280. The van der Waals surface area contributed by atoms with Crippen LogP contribution in [0.15, 0.2) is 48.5 Å². The van der Waals surface area contributed by atoms with Crippen molar-refractivity contribution >= 4 is 10.9 Å². The number of aliphatic hydroxyl groups excluding tert-OH is 1. The predicted molar refractivity (Wildman–Crippen MR) is 89.6 cm³/mol. The average molecular weight is 295 g/mol. The predicted octanol–water partition coefficient (Wildman–Crippen LogP) is 3.62. The highest BCUT2D eigenvalue weighted by molar-refractivity contribution is 5.86. The van der Waals surface area contributed by atoms with Crippen molar-refractivity contribution in [1.82, 2.24) is 4.57 Å². The molecule has 1 aromatic heterocycles. The number of methoxy groups -OCH3 is 1. The monoisotopic (exact) mass is 295 g/mol. The first-order valence-electron chi connectivity index (χ1n) is 7.46. The van der Waals surface area contributed by atoms with E-state index in [1.165, 1.54) is 22.2 Å². The molecule has 0 saturated carbocycles. The van der Waals surface area contributed by atoms with Crippen molar-refractivity contribution in [1.29, 1.82) is 0 Å². The molecule has 0 bridgehead atoms. The van der Waals surface area contributed by atoms with E-state index >= 15 is 0 Å². The van der Waals surface area contributed by atoms with Gasteiger partial charge in [-0.05, 0) is 36.2 Å². The van der Waals surface area contributed by atoms with Gasteiger partial charge in [0.1, 0.15) is 5.75 Å². The third-order valence-electron chi connectivity index (χ3n) is 4.50. The second-order valence-corrected chi connectivity index (χ2v) is 5.58. The van der Waals surface area contributed by atoms with E-state index < -0.39 is 0 Å². The van der Waals surface area contributed by atoms with Crippen molar-refractivity contribution in [3.8, 4) is 5.75 Å². The topological polar surface area (TPSA) is 34.4 Å². The number of para-hydroxylation sites is 1. The summed E-state index contributed by atoms with van der Waals surface area (Å²) in [5, 5.41) is 11.2. The van der Waals surface area contributed by atoms with Gasteiger partial charge in [-0.15, -0.1) is 0 Å². The number of aromatic nitrogens is 1. The third-order valence-corrected chi connectivity index (χ3v) is 4.50. The summed E-state index contributed by atoms with van der Waals surface area (Å²) in [5.41, 5.74) is 4.69. The number of hydrogen-bond donors (Lipinski definition) is 1. The smallest absolute Gasteiger partial charge is 0.118 e. The number of nitrogens with zero attached hydrogens (tertiary/aromatic N) is 1. The molecule has 114 valence electrons. The van der Waals surface area contributed by atoms with Gasteiger partial charge >= 0.3 is 0 Å². The van der Waals surface area contributed by atoms with Gasteiger partial charge in [0.15, 0.2) is 0 Å². The maximum Gasteiger partial charge on any atom is 0.118 e. The lowest BCUT2D eigenvalue weighted by atomic mass is 9.90. The minimum absolute atomic E-state index is 0.0305. The van der Waals surface area contributed by atoms with E-state index in [1.807, 2.05) is 36.4 Å². The zero-order valence-electron chi connectivity index (χ0n) is 13.2. The van der Waals surface area contributed by atoms with Gasteiger partial charge in [0.05, 0.1) is 13.7 Å². The van der Waals surface area contributed by atoms with E-state index in [9.17, 15) is 5.11 Å². The van der Waals surface area contributed by atoms with Crippen molar-refractivity contribution < 1.29 is 9.84 Å². The number of aliphatic hydroxyl groups is 1. The Balaban J connectivity index is 2.16. The molecule has 1 atom stereocenters. The van der Waals surface area contributed by atoms with Crippen molar-refractivity contribution in [3.63, 3.8) is 0 Å². The summed E-state index contributed by atoms with van der Waals surface area (Å²) in [5.74, 6) is 0.798. The molecular weight excluding hydrogens is 274 g/mol. The van der Waals surface area contributed by atoms with Crippen LogP contribution in [0.1, 0.15) is 22.7 Å². The summed E-state index contributed by atoms with van der Waals surface area (Å²) < 4.78 is 7.41. The maximum atomic E-state index is 10.0. The minimum Gasteiger partial charge on any atom is -0.497 e. The molecule has 3 nitrogen and oxygen atoms in total. The molecule has 3 rings (SSSR count). The highest BCUT2D eigenvalue weighted by atomic mass is 16.5. The average Bonchev–Trinajstić information content (AvgIpc) is 2.82. The molecule has 1 heterocycles. The fourth-order valence-corrected chi connectivity index (χ4v) is 3.19. The molecule has 0 fully saturated rings. The van der Waals surface area contributed by atoms with Crippen LogP contribution >= 0.6 is 0 Å². The zero-order valence-corrected chi connectivity index (χ0v) is 13.2. The van der Waals surface area contributed by atoms with Crippen LogP contribution in [0.25, 0.3) is 10.9 Å². The van der Waals surface area contributed by atoms with Crippen molar-refractivity contribution in [2.75, 3.05) is 13.7 Å². The highest BCUT2D eigenvalue weighted by Crippen LogP contribution is 2.35. The van der Waals surface area contributed by atoms with E-state index in [2.05, 4.69) is 30.7 Å². The number of hydrogen-bond acceptors (Lipinski definition) is 2. The summed E-state index contributed by atoms with van der Waals surface area (Å²) >= 11 is 0. The van der Waals surface area contributed by atoms with Crippen molar-refractivity contribution in [2.45, 2.75) is 12.8 Å². The van der Waals surface area contributed by atoms with Gasteiger partial charge in [-0.1, -0.05) is 30.3 Å². The normalized spacial score (nSPS) is 12.5. The molecule has 0 spiro atoms. The molecule has 0 amide bonds. The summed E-state index contributed by atoms with van der Waals surface area (Å²) in [6.07, 6.45) is 0. The molecule has 0 aliphatic heterocycles. The molecule has 22 heavy (non-hydrogen) atoms. The van der Waals surface area contributed by atoms with Crippen LogP contribution in [-0.4, -0.2) is 23.4 Å². The second-order valence-electron chi connectivity index (χ2n) is 5.58. The first-order chi connectivity index (χ1) is 10.7. The van der Waals surface area contributed by atoms with Crippen LogP contribution in [0.4, 0.5) is 0 Å². The van der Waals surface area contributed by atoms with Gasteiger partial charge < -0.3 is 14.4 Å². The van der Waals surface area contributed by atoms with Crippen LogP contribution in [0.5, 0.6) is 5.75 Å². The molecule has 1 N–H and O–H groups in total. The number of ether oxygens (including phenoxy) is 1. The first-order valence-corrected chi connectivity index (χ1v) is 7.46. The SMILES string of the molecule is COc1ccc(C(CO)c2c(C)n(C)c3ccccc23)cc1. The fraction of sp³-hybridized carbons (Fsp3) is 0.263. The number of benzene rings is 2. The first kappa shape index (κ1) is 14.7. The lowest BCUT2D eigenvalue weighted by Crippen LogP contribution is -2.08. The number of aryl methyl sites for hydroxylation is 1. The summed E-state index contributed by atoms with van der Waals surface area (Å²) in [7, 11) is 3.73. The van der Waals surface area contributed by atoms with Gasteiger partial charge in [0.2, 0.25) is 0 Å². The van der Waals surface area contributed by atoms with E-state index in [-0.39, 0.29) is 12.5 Å². The van der Waals surface area contributed by atoms with Crippen molar-refractivity contribution in [2.24, 2.45) is 7.05 Å². The third kappa shape index (κ3) is 2.28. The van der Waals surface area contributed by atoms with Crippen LogP contribution < -0.4 is 4.74 Å². The minimum atomic E-state index is -0.0305. The molecule has 0 aliphatic rings. The molecule has 1 unspecified atom stereocenters. The Morgan fingerprint density at radius 1 is 1.09 bits per heavy atom. The Hall–Kier alpha value is -2.26. The second kappa shape index (κ2) is 5.85. The van der Waals surface area contributed by atoms with Gasteiger partial charge in [-0.2, -0.15) is 0 Å². The molecular formula is C19H21NO2. The van der Waals surface area contributed by atoms with Crippen LogP contribution in [-0.2, 0) is 7.05 Å². The van der Waals surface area contributed by atoms with Crippen LogP contribution in [0, 0.1) is 6.92 Å². The standard InChI is InChI=1S/C19H21NO2/c1-13-19(16-6-4-5-7-18(16)20(13)2)17(12-21)14-8-10-15(22-3)11-9-14/h4-11,17,21H,12H2,1-3H3. The summed E-state index contributed by atoms with van der Waals surface area (Å²) in [4.78, 5) is 0. The molecule has 0 radical (unpaired) electrons. The molecule has 2 aromatic carbocycles. The summed E-state index contributed by atoms with van der Waals surface area (Å²) in [6.45, 7) is 2.20. The van der Waals surface area contributed by atoms with Crippen LogP contribution in [0.3, 0.4) is 0 Å². The summed E-state index contributed by atoms with van der Waals surface area (Å²) in [6, 6.07) is 16.3. The van der Waals surface area contributed by atoms with Gasteiger partial charge in [0.25, 0.3) is 0 Å². The fourth-order valence-electron chi connectivity index (χ4n) is 3.19. The van der Waals surface area contributed by atoms with E-state index in [4.69, 9.17) is 4.74 Å². The molecule has 0 aliphatic carbocycles. The van der Waals surface area contributed by atoms with Gasteiger partial charge in [-0.25, -0.2) is 0 Å². The van der Waals surface area contributed by atoms with E-state index in [0.29, 0.717) is 0 Å². The lowest BCUT2D eigenvalue weighted by Gasteiger charge is -2.16. The highest BCUT2D eigenvalue weighted by Gasteiger charge is 2.21. The Morgan fingerprint density at radius 3 is 2.41 bits per heavy atom. The zero-order chi connectivity index (χ0) is 15.7. The molecule has 3 aromatic rings.